The van der Waals surface area contributed by atoms with Crippen LogP contribution in [0.25, 0.3) is 0 Å². The Labute approximate surface area is 136 Å². The number of thiocarbonyl (C=S) groups is 1. The molecule has 20 heavy (non-hydrogen) atoms. The number of ether oxygens (including phenoxy) is 1. The molecule has 0 bridgehead atoms. The molecule has 2 aromatic rings. The van der Waals surface area contributed by atoms with Crippen LogP contribution in [-0.2, 0) is 0 Å². The first-order chi connectivity index (χ1) is 9.58. The van der Waals surface area contributed by atoms with Crippen LogP contribution in [0.3, 0.4) is 0 Å². The Morgan fingerprint density at radius 2 is 1.85 bits per heavy atom. The molecule has 104 valence electrons. The fraction of sp³-hybridized carbons (Fsp3) is 0.0714. The zero-order valence-electron chi connectivity index (χ0n) is 10.6. The summed E-state index contributed by atoms with van der Waals surface area (Å²) in [5.74, 6) is 0.628. The average Bonchev–Trinajstić information content (AvgIpc) is 2.38. The Kier molecular flexibility index (Phi) is 5.23. The summed E-state index contributed by atoms with van der Waals surface area (Å²) in [5, 5.41) is 7.18. The minimum atomic E-state index is 0.490. The molecule has 0 spiro atoms. The predicted molar refractivity (Wildman–Crippen MR) is 92.0 cm³/mol. The van der Waals surface area contributed by atoms with Gasteiger partial charge in [-0.15, -0.1) is 0 Å². The summed E-state index contributed by atoms with van der Waals surface area (Å²) in [5.41, 5.74) is 1.69. The summed E-state index contributed by atoms with van der Waals surface area (Å²) in [7, 11) is 1.58. The second-order valence-corrected chi connectivity index (χ2v) is 5.67. The lowest BCUT2D eigenvalue weighted by Gasteiger charge is -2.12. The van der Waals surface area contributed by atoms with E-state index in [4.69, 9.17) is 28.6 Å². The smallest absolute Gasteiger partial charge is 0.175 e. The van der Waals surface area contributed by atoms with E-state index in [1.165, 1.54) is 0 Å². The SMILES string of the molecule is COc1ccc(NC(=S)Nc2cccc(Br)c2)cc1Cl. The van der Waals surface area contributed by atoms with Gasteiger partial charge in [0.15, 0.2) is 5.11 Å². The fourth-order valence-corrected chi connectivity index (χ4v) is 2.50. The van der Waals surface area contributed by atoms with Crippen LogP contribution in [0.4, 0.5) is 11.4 Å². The molecule has 2 aromatic carbocycles. The highest BCUT2D eigenvalue weighted by Gasteiger charge is 2.04. The molecule has 0 aromatic heterocycles. The van der Waals surface area contributed by atoms with E-state index in [2.05, 4.69) is 26.6 Å². The first-order valence-corrected chi connectivity index (χ1v) is 7.33. The van der Waals surface area contributed by atoms with Crippen LogP contribution in [-0.4, -0.2) is 12.2 Å². The van der Waals surface area contributed by atoms with Crippen LogP contribution >= 0.6 is 39.7 Å². The number of hydrogen-bond donors (Lipinski definition) is 2. The highest BCUT2D eigenvalue weighted by Crippen LogP contribution is 2.27. The molecule has 0 amide bonds. The molecule has 0 aliphatic rings. The van der Waals surface area contributed by atoms with Crippen LogP contribution in [0.1, 0.15) is 0 Å². The van der Waals surface area contributed by atoms with Crippen molar-refractivity contribution in [2.75, 3.05) is 17.7 Å². The average molecular weight is 372 g/mol. The van der Waals surface area contributed by atoms with Crippen molar-refractivity contribution >= 4 is 56.2 Å². The van der Waals surface area contributed by atoms with Gasteiger partial charge in [0.2, 0.25) is 0 Å². The molecule has 0 atom stereocenters. The fourth-order valence-electron chi connectivity index (χ4n) is 1.60. The first kappa shape index (κ1) is 15.1. The summed E-state index contributed by atoms with van der Waals surface area (Å²) in [4.78, 5) is 0. The second-order valence-electron chi connectivity index (χ2n) is 3.94. The van der Waals surface area contributed by atoms with E-state index in [0.29, 0.717) is 15.9 Å². The molecule has 0 saturated carbocycles. The number of benzene rings is 2. The van der Waals surface area contributed by atoms with Crippen molar-refractivity contribution in [3.8, 4) is 5.75 Å². The highest BCUT2D eigenvalue weighted by atomic mass is 79.9. The molecule has 0 aliphatic carbocycles. The van der Waals surface area contributed by atoms with E-state index in [0.717, 1.165) is 15.8 Å². The van der Waals surface area contributed by atoms with Crippen molar-refractivity contribution in [2.45, 2.75) is 0 Å². The Bertz CT molecular complexity index is 636. The van der Waals surface area contributed by atoms with Crippen molar-refractivity contribution in [1.29, 1.82) is 0 Å². The van der Waals surface area contributed by atoms with E-state index in [1.807, 2.05) is 30.3 Å². The molecule has 0 fully saturated rings. The third-order valence-electron chi connectivity index (χ3n) is 2.49. The van der Waals surface area contributed by atoms with E-state index in [1.54, 1.807) is 19.2 Å². The number of methoxy groups -OCH3 is 1. The maximum atomic E-state index is 6.06. The van der Waals surface area contributed by atoms with Crippen LogP contribution in [0.15, 0.2) is 46.9 Å². The Morgan fingerprint density at radius 3 is 2.45 bits per heavy atom. The molecule has 0 heterocycles. The maximum Gasteiger partial charge on any atom is 0.175 e. The van der Waals surface area contributed by atoms with Crippen molar-refractivity contribution in [2.24, 2.45) is 0 Å². The van der Waals surface area contributed by atoms with Crippen molar-refractivity contribution in [1.82, 2.24) is 0 Å². The van der Waals surface area contributed by atoms with Gasteiger partial charge in [0, 0.05) is 15.8 Å². The first-order valence-electron chi connectivity index (χ1n) is 5.75. The monoisotopic (exact) mass is 370 g/mol. The highest BCUT2D eigenvalue weighted by molar-refractivity contribution is 9.10. The maximum absolute atomic E-state index is 6.06. The lowest BCUT2D eigenvalue weighted by Crippen LogP contribution is -2.18. The number of nitrogens with one attached hydrogen (secondary N) is 2. The standard InChI is InChI=1S/C14H12BrClN2OS/c1-19-13-6-5-11(8-12(13)16)18-14(20)17-10-4-2-3-9(15)7-10/h2-8H,1H3,(H2,17,18,20). The van der Waals surface area contributed by atoms with Crippen LogP contribution < -0.4 is 15.4 Å². The normalized spacial score (nSPS) is 9.95. The summed E-state index contributed by atoms with van der Waals surface area (Å²) >= 11 is 14.7. The molecule has 2 rings (SSSR count). The van der Waals surface area contributed by atoms with Crippen LogP contribution in [0.2, 0.25) is 5.02 Å². The Hall–Kier alpha value is -1.30. The van der Waals surface area contributed by atoms with E-state index < -0.39 is 0 Å². The largest absolute Gasteiger partial charge is 0.495 e. The topological polar surface area (TPSA) is 33.3 Å². The Morgan fingerprint density at radius 1 is 1.15 bits per heavy atom. The summed E-state index contributed by atoms with van der Waals surface area (Å²) in [6.45, 7) is 0. The lowest BCUT2D eigenvalue weighted by molar-refractivity contribution is 0.415. The minimum absolute atomic E-state index is 0.490. The van der Waals surface area contributed by atoms with Gasteiger partial charge in [-0.1, -0.05) is 33.6 Å². The number of anilines is 2. The summed E-state index contributed by atoms with van der Waals surface area (Å²) < 4.78 is 6.08. The molecule has 0 radical (unpaired) electrons. The quantitative estimate of drug-likeness (QED) is 0.750. The third kappa shape index (κ3) is 4.10. The zero-order valence-corrected chi connectivity index (χ0v) is 13.8. The second kappa shape index (κ2) is 6.92. The molecule has 0 aliphatic heterocycles. The number of hydrogen-bond acceptors (Lipinski definition) is 2. The molecule has 0 unspecified atom stereocenters. The van der Waals surface area contributed by atoms with Gasteiger partial charge in [0.1, 0.15) is 5.75 Å². The van der Waals surface area contributed by atoms with Gasteiger partial charge in [0.25, 0.3) is 0 Å². The van der Waals surface area contributed by atoms with Gasteiger partial charge in [-0.2, -0.15) is 0 Å². The van der Waals surface area contributed by atoms with E-state index in [-0.39, 0.29) is 0 Å². The molecule has 3 nitrogen and oxygen atoms in total. The molecule has 2 N–H and O–H groups in total. The van der Waals surface area contributed by atoms with E-state index >= 15 is 0 Å². The molecular formula is C14H12BrClN2OS. The summed E-state index contributed by atoms with van der Waals surface area (Å²) in [6, 6.07) is 13.1. The van der Waals surface area contributed by atoms with Gasteiger partial charge in [-0.25, -0.2) is 0 Å². The minimum Gasteiger partial charge on any atom is -0.495 e. The zero-order chi connectivity index (χ0) is 14.5. The van der Waals surface area contributed by atoms with Crippen molar-refractivity contribution < 1.29 is 4.74 Å². The van der Waals surface area contributed by atoms with Gasteiger partial charge in [0.05, 0.1) is 12.1 Å². The van der Waals surface area contributed by atoms with Gasteiger partial charge in [-0.3, -0.25) is 0 Å². The van der Waals surface area contributed by atoms with Gasteiger partial charge >= 0.3 is 0 Å². The van der Waals surface area contributed by atoms with E-state index in [9.17, 15) is 0 Å². The van der Waals surface area contributed by atoms with Crippen LogP contribution in [0.5, 0.6) is 5.75 Å². The summed E-state index contributed by atoms with van der Waals surface area (Å²) in [6.07, 6.45) is 0. The molecule has 0 saturated heterocycles. The third-order valence-corrected chi connectivity index (χ3v) is 3.48. The lowest BCUT2D eigenvalue weighted by atomic mass is 10.3. The number of rotatable bonds is 3. The van der Waals surface area contributed by atoms with Crippen molar-refractivity contribution in [3.05, 3.63) is 52.0 Å². The van der Waals surface area contributed by atoms with Gasteiger partial charge in [-0.05, 0) is 48.6 Å². The van der Waals surface area contributed by atoms with Crippen LogP contribution in [0, 0.1) is 0 Å². The van der Waals surface area contributed by atoms with Gasteiger partial charge < -0.3 is 15.4 Å². The number of halogens is 2. The predicted octanol–water partition coefficient (Wildman–Crippen LogP) is 4.92. The molecular weight excluding hydrogens is 360 g/mol. The van der Waals surface area contributed by atoms with Crippen molar-refractivity contribution in [3.63, 3.8) is 0 Å². The molecule has 6 heteroatoms. The Balaban J connectivity index is 2.03.